The molecule has 1 fully saturated rings. The zero-order valence-electron chi connectivity index (χ0n) is 15.5. The molecule has 2 aromatic rings. The van der Waals surface area contributed by atoms with Crippen LogP contribution in [0.3, 0.4) is 0 Å². The summed E-state index contributed by atoms with van der Waals surface area (Å²) in [4.78, 5) is 7.21. The molecule has 0 radical (unpaired) electrons. The molecule has 0 bridgehead atoms. The van der Waals surface area contributed by atoms with Crippen LogP contribution in [-0.4, -0.2) is 56.6 Å². The first kappa shape index (κ1) is 17.5. The van der Waals surface area contributed by atoms with Gasteiger partial charge in [-0.1, -0.05) is 0 Å². The fourth-order valence-electron chi connectivity index (χ4n) is 3.37. The molecule has 1 saturated heterocycles. The Balaban J connectivity index is 1.53. The van der Waals surface area contributed by atoms with E-state index in [1.165, 1.54) is 11.1 Å². The second kappa shape index (κ2) is 8.18. The summed E-state index contributed by atoms with van der Waals surface area (Å²) < 4.78 is 3.74. The van der Waals surface area contributed by atoms with Crippen LogP contribution in [0, 0.1) is 0 Å². The molecule has 0 aromatic carbocycles. The van der Waals surface area contributed by atoms with E-state index in [1.54, 1.807) is 0 Å². The molecule has 7 nitrogen and oxygen atoms in total. The number of aromatic nitrogens is 4. The molecule has 3 rings (SSSR count). The van der Waals surface area contributed by atoms with Crippen molar-refractivity contribution in [2.24, 2.45) is 19.1 Å². The minimum absolute atomic E-state index is 0.549. The second-order valence-electron chi connectivity index (χ2n) is 6.74. The van der Waals surface area contributed by atoms with Gasteiger partial charge in [0, 0.05) is 58.6 Å². The number of nitrogens with one attached hydrogen (secondary N) is 1. The quantitative estimate of drug-likeness (QED) is 0.491. The molecule has 0 saturated carbocycles. The Labute approximate surface area is 149 Å². The standard InChI is InChI=1S/C18H29N7/c1-4-19-18(20-8-5-6-15-10-21-23(2)12-15)25-9-7-16(14-25)17-11-22-24(3)13-17/h10-13,16H,4-9,14H2,1-3H3,(H,19,20). The number of guanidine groups is 1. The molecule has 1 N–H and O–H groups in total. The van der Waals surface area contributed by atoms with Crippen LogP contribution in [0.15, 0.2) is 29.8 Å². The van der Waals surface area contributed by atoms with Crippen LogP contribution in [0.4, 0.5) is 0 Å². The van der Waals surface area contributed by atoms with Crippen LogP contribution in [0.2, 0.25) is 0 Å². The van der Waals surface area contributed by atoms with Crippen LogP contribution in [0.25, 0.3) is 0 Å². The van der Waals surface area contributed by atoms with Gasteiger partial charge in [-0.05, 0) is 37.3 Å². The number of likely N-dealkylation sites (tertiary alicyclic amines) is 1. The number of hydrogen-bond acceptors (Lipinski definition) is 3. The fourth-order valence-corrected chi connectivity index (χ4v) is 3.37. The Kier molecular flexibility index (Phi) is 5.73. The Morgan fingerprint density at radius 1 is 1.24 bits per heavy atom. The summed E-state index contributed by atoms with van der Waals surface area (Å²) in [5.41, 5.74) is 2.61. The Hall–Kier alpha value is -2.31. The van der Waals surface area contributed by atoms with Gasteiger partial charge in [0.2, 0.25) is 0 Å². The van der Waals surface area contributed by atoms with Gasteiger partial charge in [-0.2, -0.15) is 10.2 Å². The van der Waals surface area contributed by atoms with Gasteiger partial charge in [-0.25, -0.2) is 0 Å². The monoisotopic (exact) mass is 343 g/mol. The van der Waals surface area contributed by atoms with E-state index in [2.05, 4.69) is 39.7 Å². The number of aliphatic imine (C=N–C) groups is 1. The van der Waals surface area contributed by atoms with Crippen LogP contribution in [0.5, 0.6) is 0 Å². The van der Waals surface area contributed by atoms with E-state index in [4.69, 9.17) is 4.99 Å². The molecule has 1 unspecified atom stereocenters. The van der Waals surface area contributed by atoms with Crippen molar-refractivity contribution in [2.75, 3.05) is 26.2 Å². The molecular formula is C18H29N7. The maximum atomic E-state index is 4.83. The van der Waals surface area contributed by atoms with E-state index < -0.39 is 0 Å². The van der Waals surface area contributed by atoms with Crippen LogP contribution in [0.1, 0.15) is 36.8 Å². The highest BCUT2D eigenvalue weighted by atomic mass is 15.3. The van der Waals surface area contributed by atoms with Gasteiger partial charge in [0.1, 0.15) is 0 Å². The van der Waals surface area contributed by atoms with E-state index in [1.807, 2.05) is 35.9 Å². The second-order valence-corrected chi connectivity index (χ2v) is 6.74. The van der Waals surface area contributed by atoms with E-state index in [0.29, 0.717) is 5.92 Å². The lowest BCUT2D eigenvalue weighted by atomic mass is 10.0. The van der Waals surface area contributed by atoms with Gasteiger partial charge >= 0.3 is 0 Å². The van der Waals surface area contributed by atoms with Crippen molar-refractivity contribution in [1.82, 2.24) is 29.8 Å². The predicted molar refractivity (Wildman–Crippen MR) is 99.6 cm³/mol. The van der Waals surface area contributed by atoms with Crippen molar-refractivity contribution in [3.8, 4) is 0 Å². The molecule has 0 amide bonds. The minimum Gasteiger partial charge on any atom is -0.357 e. The van der Waals surface area contributed by atoms with E-state index >= 15 is 0 Å². The highest BCUT2D eigenvalue weighted by molar-refractivity contribution is 5.80. The van der Waals surface area contributed by atoms with E-state index in [-0.39, 0.29) is 0 Å². The molecule has 1 aliphatic rings. The van der Waals surface area contributed by atoms with Gasteiger partial charge in [0.25, 0.3) is 0 Å². The Bertz CT molecular complexity index is 700. The van der Waals surface area contributed by atoms with Crippen molar-refractivity contribution in [3.05, 3.63) is 35.9 Å². The third kappa shape index (κ3) is 4.61. The number of nitrogens with zero attached hydrogens (tertiary/aromatic N) is 6. The summed E-state index contributed by atoms with van der Waals surface area (Å²) in [5, 5.41) is 12.0. The zero-order chi connectivity index (χ0) is 17.6. The van der Waals surface area contributed by atoms with Crippen molar-refractivity contribution >= 4 is 5.96 Å². The topological polar surface area (TPSA) is 63.3 Å². The highest BCUT2D eigenvalue weighted by Crippen LogP contribution is 2.26. The van der Waals surface area contributed by atoms with E-state index in [9.17, 15) is 0 Å². The first-order valence-corrected chi connectivity index (χ1v) is 9.15. The lowest BCUT2D eigenvalue weighted by Crippen LogP contribution is -2.40. The maximum Gasteiger partial charge on any atom is 0.193 e. The summed E-state index contributed by atoms with van der Waals surface area (Å²) >= 11 is 0. The average molecular weight is 343 g/mol. The molecule has 0 spiro atoms. The van der Waals surface area contributed by atoms with Gasteiger partial charge in [-0.15, -0.1) is 0 Å². The molecule has 7 heteroatoms. The van der Waals surface area contributed by atoms with Crippen molar-refractivity contribution < 1.29 is 0 Å². The average Bonchev–Trinajstić information content (AvgIpc) is 3.31. The molecule has 1 aliphatic heterocycles. The van der Waals surface area contributed by atoms with Crippen LogP contribution in [-0.2, 0) is 20.5 Å². The van der Waals surface area contributed by atoms with Gasteiger partial charge in [0.05, 0.1) is 12.4 Å². The molecule has 3 heterocycles. The third-order valence-corrected chi connectivity index (χ3v) is 4.66. The normalized spacial score (nSPS) is 18.1. The first-order valence-electron chi connectivity index (χ1n) is 9.15. The molecule has 25 heavy (non-hydrogen) atoms. The van der Waals surface area contributed by atoms with Crippen molar-refractivity contribution in [2.45, 2.75) is 32.1 Å². The summed E-state index contributed by atoms with van der Waals surface area (Å²) in [5.74, 6) is 1.59. The van der Waals surface area contributed by atoms with Crippen LogP contribution < -0.4 is 5.32 Å². The highest BCUT2D eigenvalue weighted by Gasteiger charge is 2.26. The smallest absolute Gasteiger partial charge is 0.193 e. The lowest BCUT2D eigenvalue weighted by Gasteiger charge is -2.21. The Morgan fingerprint density at radius 3 is 2.72 bits per heavy atom. The third-order valence-electron chi connectivity index (χ3n) is 4.66. The summed E-state index contributed by atoms with van der Waals surface area (Å²) in [6, 6.07) is 0. The van der Waals surface area contributed by atoms with Gasteiger partial charge in [0.15, 0.2) is 5.96 Å². The Morgan fingerprint density at radius 2 is 2.04 bits per heavy atom. The summed E-state index contributed by atoms with van der Waals surface area (Å²) in [6.45, 7) is 5.93. The fraction of sp³-hybridized carbons (Fsp3) is 0.611. The summed E-state index contributed by atoms with van der Waals surface area (Å²) in [7, 11) is 3.93. The number of rotatable bonds is 6. The molecule has 0 aliphatic carbocycles. The molecule has 136 valence electrons. The van der Waals surface area contributed by atoms with Crippen molar-refractivity contribution in [3.63, 3.8) is 0 Å². The number of aryl methyl sites for hydroxylation is 3. The molecule has 1 atom stereocenters. The SMILES string of the molecule is CCNC(=NCCCc1cnn(C)c1)N1CCC(c2cnn(C)c2)C1. The predicted octanol–water partition coefficient (Wildman–Crippen LogP) is 1.54. The maximum absolute atomic E-state index is 4.83. The summed E-state index contributed by atoms with van der Waals surface area (Å²) in [6.07, 6.45) is 11.4. The van der Waals surface area contributed by atoms with E-state index in [0.717, 1.165) is 51.4 Å². The lowest BCUT2D eigenvalue weighted by molar-refractivity contribution is 0.485. The molecular weight excluding hydrogens is 314 g/mol. The van der Waals surface area contributed by atoms with Gasteiger partial charge in [-0.3, -0.25) is 14.4 Å². The van der Waals surface area contributed by atoms with Crippen molar-refractivity contribution in [1.29, 1.82) is 0 Å². The zero-order valence-corrected chi connectivity index (χ0v) is 15.5. The first-order chi connectivity index (χ1) is 12.2. The molecule has 2 aromatic heterocycles. The number of hydrogen-bond donors (Lipinski definition) is 1. The van der Waals surface area contributed by atoms with Gasteiger partial charge < -0.3 is 10.2 Å². The largest absolute Gasteiger partial charge is 0.357 e. The minimum atomic E-state index is 0.549. The van der Waals surface area contributed by atoms with Crippen LogP contribution >= 0.6 is 0 Å².